The van der Waals surface area contributed by atoms with Crippen LogP contribution >= 0.6 is 11.5 Å². The molecule has 1 aliphatic carbocycles. The van der Waals surface area contributed by atoms with E-state index in [1.165, 1.54) is 41.9 Å². The zero-order valence-corrected chi connectivity index (χ0v) is 12.4. The molecule has 0 amide bonds. The Hall–Kier alpha value is -1.46. The molecule has 1 aliphatic rings. The lowest BCUT2D eigenvalue weighted by atomic mass is 9.83. The average molecular weight is 289 g/mol. The van der Waals surface area contributed by atoms with Crippen LogP contribution < -0.4 is 5.32 Å². The average Bonchev–Trinajstić information content (AvgIpc) is 2.93. The summed E-state index contributed by atoms with van der Waals surface area (Å²) in [5, 5.41) is 4.31. The van der Waals surface area contributed by atoms with Crippen LogP contribution in [0.3, 0.4) is 0 Å². The van der Waals surface area contributed by atoms with Crippen molar-refractivity contribution in [2.45, 2.75) is 31.8 Å². The molecule has 1 atom stereocenters. The maximum atomic E-state index is 5.04. The normalized spacial score (nSPS) is 17.8. The summed E-state index contributed by atoms with van der Waals surface area (Å²) >= 11 is 1.41. The van der Waals surface area contributed by atoms with Crippen LogP contribution in [0.2, 0.25) is 0 Å². The summed E-state index contributed by atoms with van der Waals surface area (Å²) in [4.78, 5) is 4.41. The number of aromatic nitrogens is 2. The summed E-state index contributed by atoms with van der Waals surface area (Å²) in [6.07, 6.45) is 3.73. The third kappa shape index (κ3) is 2.99. The van der Waals surface area contributed by atoms with E-state index in [4.69, 9.17) is 4.74 Å². The first-order valence-corrected chi connectivity index (χ1v) is 7.77. The number of methoxy groups -OCH3 is 1. The minimum absolute atomic E-state index is 0.477. The summed E-state index contributed by atoms with van der Waals surface area (Å²) in [5.74, 6) is 1.33. The van der Waals surface area contributed by atoms with Crippen molar-refractivity contribution in [2.75, 3.05) is 19.0 Å². The molecule has 2 aromatic rings. The second-order valence-corrected chi connectivity index (χ2v) is 5.87. The van der Waals surface area contributed by atoms with Gasteiger partial charge in [0, 0.05) is 31.1 Å². The van der Waals surface area contributed by atoms with E-state index < -0.39 is 0 Å². The van der Waals surface area contributed by atoms with Gasteiger partial charge in [-0.05, 0) is 30.4 Å². The Kier molecular flexibility index (Phi) is 4.28. The number of aryl methyl sites for hydroxylation is 1. The van der Waals surface area contributed by atoms with Crippen molar-refractivity contribution in [1.29, 1.82) is 0 Å². The minimum Gasteiger partial charge on any atom is -0.377 e. The lowest BCUT2D eigenvalue weighted by Gasteiger charge is -2.25. The maximum absolute atomic E-state index is 5.04. The van der Waals surface area contributed by atoms with Crippen molar-refractivity contribution < 1.29 is 4.74 Å². The zero-order chi connectivity index (χ0) is 13.8. The highest BCUT2D eigenvalue weighted by atomic mass is 32.1. The van der Waals surface area contributed by atoms with Crippen LogP contribution in [0, 0.1) is 0 Å². The van der Waals surface area contributed by atoms with Gasteiger partial charge in [0.05, 0.1) is 0 Å². The van der Waals surface area contributed by atoms with Crippen LogP contribution in [0.4, 0.5) is 5.13 Å². The molecule has 0 radical (unpaired) electrons. The van der Waals surface area contributed by atoms with E-state index in [1.54, 1.807) is 7.11 Å². The number of nitrogens with one attached hydrogen (secondary N) is 1. The molecule has 3 rings (SSSR count). The van der Waals surface area contributed by atoms with Gasteiger partial charge in [-0.2, -0.15) is 4.37 Å². The molecule has 106 valence electrons. The van der Waals surface area contributed by atoms with E-state index in [-0.39, 0.29) is 0 Å². The Labute approximate surface area is 123 Å². The molecule has 1 N–H and O–H groups in total. The molecule has 0 saturated heterocycles. The molecule has 1 aromatic heterocycles. The van der Waals surface area contributed by atoms with E-state index in [2.05, 4.69) is 38.9 Å². The van der Waals surface area contributed by atoms with Gasteiger partial charge < -0.3 is 10.1 Å². The fraction of sp³-hybridized carbons (Fsp3) is 0.467. The SMILES string of the molecule is COCc1nsc(NCC2CCCc3ccccc32)n1. The topological polar surface area (TPSA) is 47.0 Å². The largest absolute Gasteiger partial charge is 0.377 e. The summed E-state index contributed by atoms with van der Waals surface area (Å²) in [6, 6.07) is 8.79. The van der Waals surface area contributed by atoms with Crippen molar-refractivity contribution in [3.63, 3.8) is 0 Å². The fourth-order valence-corrected chi connectivity index (χ4v) is 3.37. The Morgan fingerprint density at radius 2 is 2.30 bits per heavy atom. The van der Waals surface area contributed by atoms with E-state index in [1.807, 2.05) is 0 Å². The first kappa shape index (κ1) is 13.5. The third-order valence-corrected chi connectivity index (χ3v) is 4.45. The van der Waals surface area contributed by atoms with Gasteiger partial charge in [0.25, 0.3) is 0 Å². The van der Waals surface area contributed by atoms with Gasteiger partial charge in [-0.25, -0.2) is 4.98 Å². The van der Waals surface area contributed by atoms with E-state index in [0.717, 1.165) is 17.5 Å². The predicted octanol–water partition coefficient (Wildman–Crippen LogP) is 3.22. The van der Waals surface area contributed by atoms with Gasteiger partial charge >= 0.3 is 0 Å². The van der Waals surface area contributed by atoms with E-state index in [9.17, 15) is 0 Å². The molecule has 0 spiro atoms. The highest BCUT2D eigenvalue weighted by Crippen LogP contribution is 2.31. The smallest absolute Gasteiger partial charge is 0.202 e. The van der Waals surface area contributed by atoms with Crippen LogP contribution in [0.1, 0.15) is 35.7 Å². The maximum Gasteiger partial charge on any atom is 0.202 e. The van der Waals surface area contributed by atoms with Gasteiger partial charge in [0.1, 0.15) is 6.61 Å². The highest BCUT2D eigenvalue weighted by molar-refractivity contribution is 7.09. The number of fused-ring (bicyclic) bond motifs is 1. The highest BCUT2D eigenvalue weighted by Gasteiger charge is 2.19. The van der Waals surface area contributed by atoms with Crippen molar-refractivity contribution in [2.24, 2.45) is 0 Å². The van der Waals surface area contributed by atoms with Crippen molar-refractivity contribution >= 4 is 16.7 Å². The van der Waals surface area contributed by atoms with Gasteiger partial charge in [-0.3, -0.25) is 0 Å². The molecule has 4 nitrogen and oxygen atoms in total. The third-order valence-electron chi connectivity index (χ3n) is 3.73. The van der Waals surface area contributed by atoms with Crippen molar-refractivity contribution in [3.05, 3.63) is 41.2 Å². The summed E-state index contributed by atoms with van der Waals surface area (Å²) in [6.45, 7) is 1.41. The van der Waals surface area contributed by atoms with E-state index in [0.29, 0.717) is 12.5 Å². The monoisotopic (exact) mass is 289 g/mol. The number of rotatable bonds is 5. The molecule has 20 heavy (non-hydrogen) atoms. The van der Waals surface area contributed by atoms with E-state index >= 15 is 0 Å². The van der Waals surface area contributed by atoms with Gasteiger partial charge in [0.2, 0.25) is 5.13 Å². The van der Waals surface area contributed by atoms with Crippen LogP contribution in [-0.4, -0.2) is 23.0 Å². The quantitative estimate of drug-likeness (QED) is 0.918. The van der Waals surface area contributed by atoms with Crippen LogP contribution in [0.15, 0.2) is 24.3 Å². The number of hydrogen-bond donors (Lipinski definition) is 1. The van der Waals surface area contributed by atoms with Gasteiger partial charge in [-0.15, -0.1) is 0 Å². The lowest BCUT2D eigenvalue weighted by Crippen LogP contribution is -2.18. The van der Waals surface area contributed by atoms with Crippen LogP contribution in [0.25, 0.3) is 0 Å². The van der Waals surface area contributed by atoms with Crippen molar-refractivity contribution in [1.82, 2.24) is 9.36 Å². The van der Waals surface area contributed by atoms with Crippen LogP contribution in [-0.2, 0) is 17.8 Å². The second-order valence-electron chi connectivity index (χ2n) is 5.12. The minimum atomic E-state index is 0.477. The Morgan fingerprint density at radius 3 is 3.20 bits per heavy atom. The van der Waals surface area contributed by atoms with Gasteiger partial charge in [-0.1, -0.05) is 24.3 Å². The summed E-state index contributed by atoms with van der Waals surface area (Å²) in [7, 11) is 1.66. The molecule has 5 heteroatoms. The molecular formula is C15H19N3OS. The Bertz CT molecular complexity index is 570. The molecule has 0 fully saturated rings. The van der Waals surface area contributed by atoms with Crippen LogP contribution in [0.5, 0.6) is 0 Å². The fourth-order valence-electron chi connectivity index (χ4n) is 2.79. The molecule has 0 aliphatic heterocycles. The first-order chi connectivity index (χ1) is 9.86. The number of anilines is 1. The number of nitrogens with zero attached hydrogens (tertiary/aromatic N) is 2. The predicted molar refractivity (Wildman–Crippen MR) is 81.2 cm³/mol. The Balaban J connectivity index is 1.64. The summed E-state index contributed by atoms with van der Waals surface area (Å²) in [5.41, 5.74) is 3.00. The molecular weight excluding hydrogens is 270 g/mol. The lowest BCUT2D eigenvalue weighted by molar-refractivity contribution is 0.179. The Morgan fingerprint density at radius 1 is 1.40 bits per heavy atom. The summed E-state index contributed by atoms with van der Waals surface area (Å²) < 4.78 is 9.29. The molecule has 0 bridgehead atoms. The number of ether oxygens (including phenoxy) is 1. The standard InChI is InChI=1S/C15H19N3OS/c1-19-10-14-17-15(20-18-14)16-9-12-7-4-6-11-5-2-3-8-13(11)12/h2-3,5,8,12H,4,6-7,9-10H2,1H3,(H,16,17,18). The molecule has 1 heterocycles. The number of hydrogen-bond acceptors (Lipinski definition) is 5. The second kappa shape index (κ2) is 6.33. The molecule has 0 saturated carbocycles. The van der Waals surface area contributed by atoms with Crippen molar-refractivity contribution in [3.8, 4) is 0 Å². The number of benzene rings is 1. The molecule has 1 aromatic carbocycles. The molecule has 1 unspecified atom stereocenters. The first-order valence-electron chi connectivity index (χ1n) is 7.00. The van der Waals surface area contributed by atoms with Gasteiger partial charge in [0.15, 0.2) is 5.82 Å². The zero-order valence-electron chi connectivity index (χ0n) is 11.6.